The van der Waals surface area contributed by atoms with Crippen molar-refractivity contribution in [1.29, 1.82) is 0 Å². The SMILES string of the molecule is CC(C)Oc1cccc(OC(C)C)c1CN.Cl. The Morgan fingerprint density at radius 3 is 1.71 bits per heavy atom. The number of benzene rings is 1. The van der Waals surface area contributed by atoms with E-state index in [4.69, 9.17) is 15.2 Å². The Balaban J connectivity index is 0.00000256. The van der Waals surface area contributed by atoms with Crippen molar-refractivity contribution in [3.63, 3.8) is 0 Å². The van der Waals surface area contributed by atoms with Gasteiger partial charge in [-0.05, 0) is 39.8 Å². The van der Waals surface area contributed by atoms with Gasteiger partial charge in [-0.3, -0.25) is 0 Å². The molecule has 0 aliphatic carbocycles. The largest absolute Gasteiger partial charge is 0.491 e. The predicted octanol–water partition coefficient (Wildman–Crippen LogP) is 3.14. The molecular formula is C13H22ClNO2. The Hall–Kier alpha value is -0.930. The summed E-state index contributed by atoms with van der Waals surface area (Å²) < 4.78 is 11.4. The van der Waals surface area contributed by atoms with Gasteiger partial charge in [-0.2, -0.15) is 0 Å². The van der Waals surface area contributed by atoms with Crippen LogP contribution in [0.5, 0.6) is 11.5 Å². The summed E-state index contributed by atoms with van der Waals surface area (Å²) in [5.41, 5.74) is 6.68. The lowest BCUT2D eigenvalue weighted by atomic mass is 10.1. The van der Waals surface area contributed by atoms with Crippen LogP contribution in [0.25, 0.3) is 0 Å². The molecule has 0 aromatic heterocycles. The van der Waals surface area contributed by atoms with Gasteiger partial charge in [0, 0.05) is 12.1 Å². The van der Waals surface area contributed by atoms with Gasteiger partial charge in [-0.1, -0.05) is 6.07 Å². The van der Waals surface area contributed by atoms with Crippen LogP contribution in [-0.4, -0.2) is 12.2 Å². The first-order chi connectivity index (χ1) is 7.54. The number of hydrogen-bond acceptors (Lipinski definition) is 3. The van der Waals surface area contributed by atoms with Gasteiger partial charge in [0.1, 0.15) is 11.5 Å². The minimum absolute atomic E-state index is 0. The van der Waals surface area contributed by atoms with Crippen molar-refractivity contribution in [3.8, 4) is 11.5 Å². The minimum atomic E-state index is 0. The van der Waals surface area contributed by atoms with E-state index in [0.29, 0.717) is 6.54 Å². The zero-order valence-corrected chi connectivity index (χ0v) is 11.7. The van der Waals surface area contributed by atoms with E-state index in [1.54, 1.807) is 0 Å². The molecule has 0 fully saturated rings. The molecule has 0 radical (unpaired) electrons. The first kappa shape index (κ1) is 16.1. The molecular weight excluding hydrogens is 238 g/mol. The van der Waals surface area contributed by atoms with E-state index in [2.05, 4.69) is 0 Å². The van der Waals surface area contributed by atoms with E-state index >= 15 is 0 Å². The Labute approximate surface area is 110 Å². The molecule has 1 aromatic carbocycles. The molecule has 0 saturated heterocycles. The van der Waals surface area contributed by atoms with Crippen molar-refractivity contribution < 1.29 is 9.47 Å². The highest BCUT2D eigenvalue weighted by molar-refractivity contribution is 5.85. The van der Waals surface area contributed by atoms with Crippen molar-refractivity contribution >= 4 is 12.4 Å². The molecule has 0 amide bonds. The summed E-state index contributed by atoms with van der Waals surface area (Å²) in [5.74, 6) is 1.63. The first-order valence-electron chi connectivity index (χ1n) is 5.69. The molecule has 0 aliphatic rings. The Morgan fingerprint density at radius 2 is 1.41 bits per heavy atom. The van der Waals surface area contributed by atoms with Crippen LogP contribution in [0.3, 0.4) is 0 Å². The molecule has 1 rings (SSSR count). The van der Waals surface area contributed by atoms with Crippen LogP contribution < -0.4 is 15.2 Å². The number of rotatable bonds is 5. The molecule has 2 N–H and O–H groups in total. The van der Waals surface area contributed by atoms with Crippen LogP contribution in [0, 0.1) is 0 Å². The second-order valence-corrected chi connectivity index (χ2v) is 4.27. The monoisotopic (exact) mass is 259 g/mol. The molecule has 0 aliphatic heterocycles. The van der Waals surface area contributed by atoms with Crippen LogP contribution in [0.2, 0.25) is 0 Å². The maximum atomic E-state index is 5.74. The average molecular weight is 260 g/mol. The molecule has 4 heteroatoms. The van der Waals surface area contributed by atoms with E-state index in [-0.39, 0.29) is 24.6 Å². The maximum absolute atomic E-state index is 5.74. The predicted molar refractivity (Wildman–Crippen MR) is 73.1 cm³/mol. The summed E-state index contributed by atoms with van der Waals surface area (Å²) in [6.07, 6.45) is 0.277. The third-order valence-electron chi connectivity index (χ3n) is 2.02. The van der Waals surface area contributed by atoms with Crippen LogP contribution in [-0.2, 0) is 6.54 Å². The number of nitrogens with two attached hydrogens (primary N) is 1. The van der Waals surface area contributed by atoms with E-state index < -0.39 is 0 Å². The van der Waals surface area contributed by atoms with Crippen molar-refractivity contribution in [1.82, 2.24) is 0 Å². The number of ether oxygens (including phenoxy) is 2. The summed E-state index contributed by atoms with van der Waals surface area (Å²) in [7, 11) is 0. The Bertz CT molecular complexity index is 312. The molecule has 0 spiro atoms. The normalized spacial score (nSPS) is 10.3. The van der Waals surface area contributed by atoms with Gasteiger partial charge in [0.2, 0.25) is 0 Å². The fourth-order valence-corrected chi connectivity index (χ4v) is 1.48. The molecule has 98 valence electrons. The standard InChI is InChI=1S/C13H21NO2.ClH/c1-9(2)15-12-6-5-7-13(11(12)8-14)16-10(3)4;/h5-7,9-10H,8,14H2,1-4H3;1H. The van der Waals surface area contributed by atoms with Gasteiger partial charge in [-0.15, -0.1) is 12.4 Å². The van der Waals surface area contributed by atoms with Crippen LogP contribution in [0.4, 0.5) is 0 Å². The molecule has 0 atom stereocenters. The van der Waals surface area contributed by atoms with Gasteiger partial charge in [0.15, 0.2) is 0 Å². The molecule has 0 saturated carbocycles. The molecule has 0 bridgehead atoms. The lowest BCUT2D eigenvalue weighted by molar-refractivity contribution is 0.224. The van der Waals surface area contributed by atoms with Gasteiger partial charge in [-0.25, -0.2) is 0 Å². The van der Waals surface area contributed by atoms with Crippen LogP contribution in [0.15, 0.2) is 18.2 Å². The maximum Gasteiger partial charge on any atom is 0.127 e. The smallest absolute Gasteiger partial charge is 0.127 e. The van der Waals surface area contributed by atoms with E-state index in [1.165, 1.54) is 0 Å². The molecule has 17 heavy (non-hydrogen) atoms. The summed E-state index contributed by atoms with van der Waals surface area (Å²) in [4.78, 5) is 0. The highest BCUT2D eigenvalue weighted by Crippen LogP contribution is 2.29. The second kappa shape index (κ2) is 7.41. The molecule has 1 aromatic rings. The highest BCUT2D eigenvalue weighted by atomic mass is 35.5. The summed E-state index contributed by atoms with van der Waals surface area (Å²) >= 11 is 0. The van der Waals surface area contributed by atoms with Crippen molar-refractivity contribution in [3.05, 3.63) is 23.8 Å². The van der Waals surface area contributed by atoms with E-state index in [1.807, 2.05) is 45.9 Å². The fraction of sp³-hybridized carbons (Fsp3) is 0.538. The Kier molecular flexibility index (Phi) is 7.00. The number of hydrogen-bond donors (Lipinski definition) is 1. The van der Waals surface area contributed by atoms with Crippen molar-refractivity contribution in [2.45, 2.75) is 46.4 Å². The zero-order valence-electron chi connectivity index (χ0n) is 10.9. The summed E-state index contributed by atoms with van der Waals surface area (Å²) in [5, 5.41) is 0. The quantitative estimate of drug-likeness (QED) is 0.884. The minimum Gasteiger partial charge on any atom is -0.491 e. The van der Waals surface area contributed by atoms with Crippen molar-refractivity contribution in [2.24, 2.45) is 5.73 Å². The third-order valence-corrected chi connectivity index (χ3v) is 2.02. The number of halogens is 1. The first-order valence-corrected chi connectivity index (χ1v) is 5.69. The third kappa shape index (κ3) is 4.84. The van der Waals surface area contributed by atoms with Crippen LogP contribution >= 0.6 is 12.4 Å². The van der Waals surface area contributed by atoms with Crippen molar-refractivity contribution in [2.75, 3.05) is 0 Å². The lowest BCUT2D eigenvalue weighted by Crippen LogP contribution is -2.13. The van der Waals surface area contributed by atoms with Gasteiger partial charge in [0.05, 0.1) is 12.2 Å². The summed E-state index contributed by atoms with van der Waals surface area (Å²) in [6, 6.07) is 5.78. The van der Waals surface area contributed by atoms with Gasteiger partial charge >= 0.3 is 0 Å². The van der Waals surface area contributed by atoms with Gasteiger partial charge in [0.25, 0.3) is 0 Å². The second-order valence-electron chi connectivity index (χ2n) is 4.27. The highest BCUT2D eigenvalue weighted by Gasteiger charge is 2.11. The molecule has 0 unspecified atom stereocenters. The zero-order chi connectivity index (χ0) is 12.1. The average Bonchev–Trinajstić information content (AvgIpc) is 2.16. The van der Waals surface area contributed by atoms with Gasteiger partial charge < -0.3 is 15.2 Å². The van der Waals surface area contributed by atoms with E-state index in [9.17, 15) is 0 Å². The molecule has 3 nitrogen and oxygen atoms in total. The Morgan fingerprint density at radius 1 is 1.00 bits per heavy atom. The van der Waals surface area contributed by atoms with E-state index in [0.717, 1.165) is 17.1 Å². The topological polar surface area (TPSA) is 44.5 Å². The van der Waals surface area contributed by atoms with Crippen LogP contribution in [0.1, 0.15) is 33.3 Å². The molecule has 0 heterocycles. The lowest BCUT2D eigenvalue weighted by Gasteiger charge is -2.18. The summed E-state index contributed by atoms with van der Waals surface area (Å²) in [6.45, 7) is 8.41. The fourth-order valence-electron chi connectivity index (χ4n) is 1.48.